The van der Waals surface area contributed by atoms with Gasteiger partial charge in [-0.2, -0.15) is 0 Å². The van der Waals surface area contributed by atoms with E-state index in [4.69, 9.17) is 26.8 Å². The third-order valence-corrected chi connectivity index (χ3v) is 2.72. The molecule has 0 heterocycles. The van der Waals surface area contributed by atoms with Crippen LogP contribution in [0.25, 0.3) is 0 Å². The zero-order valence-corrected chi connectivity index (χ0v) is 10.5. The minimum Gasteiger partial charge on any atom is -0.495 e. The Morgan fingerprint density at radius 2 is 2.00 bits per heavy atom. The summed E-state index contributed by atoms with van der Waals surface area (Å²) < 4.78 is 10.3. The molecule has 4 heteroatoms. The molecular weight excluding hydrogens is 226 g/mol. The number of hydrogen-bond donors (Lipinski definition) is 1. The van der Waals surface area contributed by atoms with E-state index < -0.39 is 0 Å². The molecule has 3 nitrogen and oxygen atoms in total. The second kappa shape index (κ2) is 6.74. The summed E-state index contributed by atoms with van der Waals surface area (Å²) in [5.41, 5.74) is 7.79. The number of halogens is 1. The highest BCUT2D eigenvalue weighted by molar-refractivity contribution is 6.32. The van der Waals surface area contributed by atoms with E-state index in [0.29, 0.717) is 23.9 Å². The van der Waals surface area contributed by atoms with Gasteiger partial charge in [0.25, 0.3) is 0 Å². The smallest absolute Gasteiger partial charge is 0.137 e. The van der Waals surface area contributed by atoms with Crippen molar-refractivity contribution in [1.29, 1.82) is 0 Å². The van der Waals surface area contributed by atoms with E-state index in [2.05, 4.69) is 0 Å². The third-order valence-electron chi connectivity index (χ3n) is 2.42. The number of rotatable bonds is 6. The molecule has 0 bridgehead atoms. The molecule has 0 atom stereocenters. The third kappa shape index (κ3) is 3.37. The van der Waals surface area contributed by atoms with Gasteiger partial charge in [-0.3, -0.25) is 0 Å². The van der Waals surface area contributed by atoms with E-state index in [1.54, 1.807) is 14.2 Å². The molecular formula is C12H18ClNO2. The standard InChI is InChI=1S/C12H18ClNO2/c1-15-8-10-7-12(16-2)11(13)6-9(10)4-3-5-14/h6-7H,3-5,8,14H2,1-2H3. The fourth-order valence-corrected chi connectivity index (χ4v) is 1.87. The van der Waals surface area contributed by atoms with Gasteiger partial charge in [0.05, 0.1) is 18.7 Å². The number of ether oxygens (including phenoxy) is 2. The maximum absolute atomic E-state index is 6.08. The zero-order chi connectivity index (χ0) is 12.0. The van der Waals surface area contributed by atoms with Crippen LogP contribution in [0.15, 0.2) is 12.1 Å². The molecule has 0 amide bonds. The first-order valence-corrected chi connectivity index (χ1v) is 5.65. The van der Waals surface area contributed by atoms with Gasteiger partial charge in [0.2, 0.25) is 0 Å². The van der Waals surface area contributed by atoms with Crippen molar-refractivity contribution >= 4 is 11.6 Å². The molecule has 1 aromatic carbocycles. The minimum absolute atomic E-state index is 0.563. The van der Waals surface area contributed by atoms with Gasteiger partial charge in [-0.05, 0) is 42.6 Å². The molecule has 1 aromatic rings. The van der Waals surface area contributed by atoms with Crippen LogP contribution in [-0.4, -0.2) is 20.8 Å². The van der Waals surface area contributed by atoms with Crippen molar-refractivity contribution in [3.05, 3.63) is 28.3 Å². The van der Waals surface area contributed by atoms with Crippen LogP contribution in [0.2, 0.25) is 5.02 Å². The van der Waals surface area contributed by atoms with E-state index in [1.165, 1.54) is 5.56 Å². The van der Waals surface area contributed by atoms with E-state index in [0.717, 1.165) is 18.4 Å². The maximum Gasteiger partial charge on any atom is 0.137 e. The van der Waals surface area contributed by atoms with Crippen molar-refractivity contribution in [2.45, 2.75) is 19.4 Å². The van der Waals surface area contributed by atoms with Crippen molar-refractivity contribution in [2.24, 2.45) is 5.73 Å². The Morgan fingerprint density at radius 3 is 2.56 bits per heavy atom. The van der Waals surface area contributed by atoms with E-state index >= 15 is 0 Å². The second-order valence-electron chi connectivity index (χ2n) is 3.58. The normalized spacial score (nSPS) is 10.5. The van der Waals surface area contributed by atoms with Gasteiger partial charge in [-0.15, -0.1) is 0 Å². The molecule has 0 unspecified atom stereocenters. The predicted octanol–water partition coefficient (Wildman–Crippen LogP) is 2.39. The quantitative estimate of drug-likeness (QED) is 0.835. The Kier molecular flexibility index (Phi) is 5.60. The summed E-state index contributed by atoms with van der Waals surface area (Å²) in [7, 11) is 3.28. The average Bonchev–Trinajstić information content (AvgIpc) is 2.29. The van der Waals surface area contributed by atoms with Crippen molar-refractivity contribution in [3.63, 3.8) is 0 Å². The second-order valence-corrected chi connectivity index (χ2v) is 3.99. The zero-order valence-electron chi connectivity index (χ0n) is 9.75. The predicted molar refractivity (Wildman–Crippen MR) is 66.1 cm³/mol. The molecule has 0 spiro atoms. The SMILES string of the molecule is COCc1cc(OC)c(Cl)cc1CCCN. The lowest BCUT2D eigenvalue weighted by Gasteiger charge is -2.12. The molecule has 90 valence electrons. The van der Waals surface area contributed by atoms with Crippen LogP contribution in [0.1, 0.15) is 17.5 Å². The van der Waals surface area contributed by atoms with Gasteiger partial charge in [0.15, 0.2) is 0 Å². The Labute approximate surface area is 101 Å². The molecule has 0 aliphatic carbocycles. The van der Waals surface area contributed by atoms with Crippen molar-refractivity contribution < 1.29 is 9.47 Å². The lowest BCUT2D eigenvalue weighted by Crippen LogP contribution is -2.03. The first kappa shape index (κ1) is 13.3. The molecule has 0 saturated carbocycles. The van der Waals surface area contributed by atoms with E-state index in [-0.39, 0.29) is 0 Å². The molecule has 0 fully saturated rings. The Morgan fingerprint density at radius 1 is 1.25 bits per heavy atom. The summed E-state index contributed by atoms with van der Waals surface area (Å²) in [6.45, 7) is 1.24. The maximum atomic E-state index is 6.08. The van der Waals surface area contributed by atoms with E-state index in [1.807, 2.05) is 12.1 Å². The summed E-state index contributed by atoms with van der Waals surface area (Å²) in [5, 5.41) is 0.634. The molecule has 0 aliphatic heterocycles. The number of benzene rings is 1. The highest BCUT2D eigenvalue weighted by atomic mass is 35.5. The molecule has 0 aliphatic rings. The van der Waals surface area contributed by atoms with Crippen LogP contribution in [0.5, 0.6) is 5.75 Å². The summed E-state index contributed by atoms with van der Waals surface area (Å²) in [5.74, 6) is 0.685. The van der Waals surface area contributed by atoms with Gasteiger partial charge in [0, 0.05) is 7.11 Å². The molecule has 16 heavy (non-hydrogen) atoms. The van der Waals surface area contributed by atoms with Gasteiger partial charge in [-0.25, -0.2) is 0 Å². The lowest BCUT2D eigenvalue weighted by molar-refractivity contribution is 0.184. The van der Waals surface area contributed by atoms with Gasteiger partial charge in [-0.1, -0.05) is 11.6 Å². The van der Waals surface area contributed by atoms with Crippen LogP contribution < -0.4 is 10.5 Å². The number of methoxy groups -OCH3 is 2. The summed E-state index contributed by atoms with van der Waals surface area (Å²) >= 11 is 6.08. The fraction of sp³-hybridized carbons (Fsp3) is 0.500. The minimum atomic E-state index is 0.563. The Bertz CT molecular complexity index is 342. The van der Waals surface area contributed by atoms with Crippen LogP contribution in [-0.2, 0) is 17.8 Å². The Balaban J connectivity index is 2.98. The molecule has 0 saturated heterocycles. The molecule has 0 aromatic heterocycles. The first-order chi connectivity index (χ1) is 7.72. The lowest BCUT2D eigenvalue weighted by atomic mass is 10.0. The summed E-state index contributed by atoms with van der Waals surface area (Å²) in [4.78, 5) is 0. The Hall–Kier alpha value is -0.770. The number of hydrogen-bond acceptors (Lipinski definition) is 3. The number of nitrogens with two attached hydrogens (primary N) is 1. The average molecular weight is 244 g/mol. The topological polar surface area (TPSA) is 44.5 Å². The molecule has 2 N–H and O–H groups in total. The summed E-state index contributed by atoms with van der Waals surface area (Å²) in [6, 6.07) is 3.86. The highest BCUT2D eigenvalue weighted by Gasteiger charge is 2.08. The van der Waals surface area contributed by atoms with Gasteiger partial charge < -0.3 is 15.2 Å². The van der Waals surface area contributed by atoms with Crippen LogP contribution >= 0.6 is 11.6 Å². The van der Waals surface area contributed by atoms with Gasteiger partial charge >= 0.3 is 0 Å². The summed E-state index contributed by atoms with van der Waals surface area (Å²) in [6.07, 6.45) is 1.86. The van der Waals surface area contributed by atoms with Crippen LogP contribution in [0, 0.1) is 0 Å². The fourth-order valence-electron chi connectivity index (χ4n) is 1.61. The van der Waals surface area contributed by atoms with E-state index in [9.17, 15) is 0 Å². The van der Waals surface area contributed by atoms with Crippen molar-refractivity contribution in [3.8, 4) is 5.75 Å². The molecule has 1 rings (SSSR count). The van der Waals surface area contributed by atoms with Crippen molar-refractivity contribution in [2.75, 3.05) is 20.8 Å². The largest absolute Gasteiger partial charge is 0.495 e. The molecule has 0 radical (unpaired) electrons. The first-order valence-electron chi connectivity index (χ1n) is 5.27. The highest BCUT2D eigenvalue weighted by Crippen LogP contribution is 2.29. The van der Waals surface area contributed by atoms with Crippen LogP contribution in [0.3, 0.4) is 0 Å². The number of aryl methyl sites for hydroxylation is 1. The van der Waals surface area contributed by atoms with Crippen LogP contribution in [0.4, 0.5) is 0 Å². The monoisotopic (exact) mass is 243 g/mol. The van der Waals surface area contributed by atoms with Crippen molar-refractivity contribution in [1.82, 2.24) is 0 Å². The van der Waals surface area contributed by atoms with Gasteiger partial charge in [0.1, 0.15) is 5.75 Å².